The van der Waals surface area contributed by atoms with Crippen LogP contribution in [0.1, 0.15) is 64.7 Å². The maximum Gasteiger partial charge on any atom is 0.168 e. The largest absolute Gasteiger partial charge is 0.412 e. The molecule has 1 saturated heterocycles. The SMILES string of the molecule is C=CCCOC1CC[C@H]2[C@@H]3CCC4CC5(CCC4C3=CC[C@]12C)OCCO5.O. The summed E-state index contributed by atoms with van der Waals surface area (Å²) in [5.41, 5.74) is 2.16. The molecule has 0 amide bonds. The molecule has 6 atom stereocenters. The van der Waals surface area contributed by atoms with Crippen molar-refractivity contribution < 1.29 is 19.7 Å². The molecule has 0 aromatic heterocycles. The highest BCUT2D eigenvalue weighted by atomic mass is 16.7. The van der Waals surface area contributed by atoms with Crippen molar-refractivity contribution >= 4 is 0 Å². The van der Waals surface area contributed by atoms with E-state index in [2.05, 4.69) is 19.6 Å². The van der Waals surface area contributed by atoms with Crippen molar-refractivity contribution in [1.82, 2.24) is 0 Å². The topological polar surface area (TPSA) is 59.2 Å². The average molecular weight is 391 g/mol. The molecule has 2 N–H and O–H groups in total. The Balaban J connectivity index is 0.00000192. The molecule has 0 bridgehead atoms. The van der Waals surface area contributed by atoms with Crippen LogP contribution in [-0.4, -0.2) is 37.2 Å². The van der Waals surface area contributed by atoms with Gasteiger partial charge in [0, 0.05) is 18.3 Å². The summed E-state index contributed by atoms with van der Waals surface area (Å²) < 4.78 is 18.4. The number of hydrogen-bond donors (Lipinski definition) is 0. The zero-order valence-corrected chi connectivity index (χ0v) is 17.5. The summed E-state index contributed by atoms with van der Waals surface area (Å²) in [6.45, 7) is 8.76. The first kappa shape index (κ1) is 20.6. The van der Waals surface area contributed by atoms with Crippen LogP contribution in [0.15, 0.2) is 24.3 Å². The monoisotopic (exact) mass is 390 g/mol. The Morgan fingerprint density at radius 3 is 2.75 bits per heavy atom. The van der Waals surface area contributed by atoms with E-state index in [1.165, 1.54) is 38.5 Å². The third-order valence-corrected chi connectivity index (χ3v) is 8.72. The minimum Gasteiger partial charge on any atom is -0.412 e. The van der Waals surface area contributed by atoms with Crippen LogP contribution in [0.5, 0.6) is 0 Å². The molecule has 1 spiro atoms. The predicted octanol–water partition coefficient (Wildman–Crippen LogP) is 4.44. The second kappa shape index (κ2) is 7.86. The Morgan fingerprint density at radius 1 is 1.14 bits per heavy atom. The minimum atomic E-state index is -0.227. The van der Waals surface area contributed by atoms with Crippen LogP contribution in [0.3, 0.4) is 0 Å². The molecule has 0 aromatic rings. The fourth-order valence-corrected chi connectivity index (χ4v) is 7.41. The van der Waals surface area contributed by atoms with E-state index < -0.39 is 0 Å². The molecular formula is C24H38O4. The summed E-state index contributed by atoms with van der Waals surface area (Å²) in [5.74, 6) is 2.95. The molecule has 28 heavy (non-hydrogen) atoms. The number of hydrogen-bond acceptors (Lipinski definition) is 3. The normalized spacial score (nSPS) is 43.5. The van der Waals surface area contributed by atoms with Crippen molar-refractivity contribution in [1.29, 1.82) is 0 Å². The van der Waals surface area contributed by atoms with E-state index in [0.29, 0.717) is 11.5 Å². The molecule has 0 radical (unpaired) electrons. The fraction of sp³-hybridized carbons (Fsp3) is 0.833. The van der Waals surface area contributed by atoms with E-state index in [4.69, 9.17) is 14.2 Å². The van der Waals surface area contributed by atoms with Crippen LogP contribution in [0.2, 0.25) is 0 Å². The molecule has 0 aromatic carbocycles. The van der Waals surface area contributed by atoms with Crippen LogP contribution < -0.4 is 0 Å². The number of allylic oxidation sites excluding steroid dienone is 2. The molecule has 5 rings (SSSR count). The zero-order chi connectivity index (χ0) is 18.5. The first-order valence-electron chi connectivity index (χ1n) is 11.4. The van der Waals surface area contributed by atoms with E-state index in [1.807, 2.05) is 11.6 Å². The first-order chi connectivity index (χ1) is 13.2. The Morgan fingerprint density at radius 2 is 1.96 bits per heavy atom. The van der Waals surface area contributed by atoms with Gasteiger partial charge < -0.3 is 19.7 Å². The Hall–Kier alpha value is -0.680. The lowest BCUT2D eigenvalue weighted by Crippen LogP contribution is -2.47. The molecule has 158 valence electrons. The van der Waals surface area contributed by atoms with E-state index in [0.717, 1.165) is 62.8 Å². The number of fused-ring (bicyclic) bond motifs is 5. The van der Waals surface area contributed by atoms with Crippen molar-refractivity contribution in [2.75, 3.05) is 19.8 Å². The van der Waals surface area contributed by atoms with E-state index in [1.54, 1.807) is 0 Å². The standard InChI is InChI=1S/C24H36O3.H2O/c1-3-4-13-25-22-8-7-21-20-6-5-17-16-24(26-14-15-27-24)12-10-18(17)19(20)9-11-23(21,22)2;/h3,9,17-18,20-22H,1,4-8,10-16H2,2H3;1H2/t17?,18?,20-,21+,22?,23+;/m1./s1. The molecule has 4 aliphatic carbocycles. The Kier molecular flexibility index (Phi) is 5.78. The third kappa shape index (κ3) is 3.21. The lowest BCUT2D eigenvalue weighted by molar-refractivity contribution is -0.196. The summed E-state index contributed by atoms with van der Waals surface area (Å²) in [5, 5.41) is 0. The van der Waals surface area contributed by atoms with Gasteiger partial charge in [0.05, 0.1) is 25.9 Å². The molecule has 4 fully saturated rings. The van der Waals surface area contributed by atoms with Gasteiger partial charge in [0.1, 0.15) is 0 Å². The Labute approximate surface area is 170 Å². The van der Waals surface area contributed by atoms with Crippen LogP contribution in [0.25, 0.3) is 0 Å². The van der Waals surface area contributed by atoms with Gasteiger partial charge in [0.15, 0.2) is 5.79 Å². The van der Waals surface area contributed by atoms with Crippen molar-refractivity contribution in [2.24, 2.45) is 29.1 Å². The third-order valence-electron chi connectivity index (χ3n) is 8.72. The van der Waals surface area contributed by atoms with Crippen LogP contribution in [0.4, 0.5) is 0 Å². The summed E-state index contributed by atoms with van der Waals surface area (Å²) in [4.78, 5) is 0. The van der Waals surface area contributed by atoms with E-state index >= 15 is 0 Å². The molecule has 3 saturated carbocycles. The van der Waals surface area contributed by atoms with E-state index in [-0.39, 0.29) is 11.3 Å². The van der Waals surface area contributed by atoms with E-state index in [9.17, 15) is 0 Å². The summed E-state index contributed by atoms with van der Waals surface area (Å²) >= 11 is 0. The van der Waals surface area contributed by atoms with Crippen LogP contribution in [0, 0.1) is 29.1 Å². The lowest BCUT2D eigenvalue weighted by atomic mass is 9.54. The van der Waals surface area contributed by atoms with Gasteiger partial charge in [0.2, 0.25) is 0 Å². The highest BCUT2D eigenvalue weighted by Gasteiger charge is 2.56. The van der Waals surface area contributed by atoms with Gasteiger partial charge in [0.25, 0.3) is 0 Å². The summed E-state index contributed by atoms with van der Waals surface area (Å²) in [6.07, 6.45) is 16.0. The van der Waals surface area contributed by atoms with Crippen LogP contribution >= 0.6 is 0 Å². The average Bonchev–Trinajstić information content (AvgIpc) is 3.26. The van der Waals surface area contributed by atoms with Crippen molar-refractivity contribution in [3.05, 3.63) is 24.3 Å². The van der Waals surface area contributed by atoms with Crippen molar-refractivity contribution in [2.45, 2.75) is 76.6 Å². The van der Waals surface area contributed by atoms with Gasteiger partial charge in [-0.15, -0.1) is 6.58 Å². The molecule has 5 aliphatic rings. The number of rotatable bonds is 4. The smallest absolute Gasteiger partial charge is 0.168 e. The van der Waals surface area contributed by atoms with Gasteiger partial charge in [-0.2, -0.15) is 0 Å². The van der Waals surface area contributed by atoms with Crippen LogP contribution in [-0.2, 0) is 14.2 Å². The molecule has 4 heteroatoms. The first-order valence-corrected chi connectivity index (χ1v) is 11.4. The van der Waals surface area contributed by atoms with Gasteiger partial charge in [-0.25, -0.2) is 0 Å². The number of ether oxygens (including phenoxy) is 3. The maximum absolute atomic E-state index is 6.33. The van der Waals surface area contributed by atoms with Gasteiger partial charge in [-0.1, -0.05) is 24.6 Å². The zero-order valence-electron chi connectivity index (χ0n) is 17.5. The predicted molar refractivity (Wildman–Crippen MR) is 110 cm³/mol. The van der Waals surface area contributed by atoms with Gasteiger partial charge in [-0.3, -0.25) is 0 Å². The van der Waals surface area contributed by atoms with Crippen molar-refractivity contribution in [3.63, 3.8) is 0 Å². The molecule has 1 heterocycles. The summed E-state index contributed by atoms with van der Waals surface area (Å²) in [6, 6.07) is 0. The molecular weight excluding hydrogens is 352 g/mol. The van der Waals surface area contributed by atoms with Gasteiger partial charge >= 0.3 is 0 Å². The Bertz CT molecular complexity index is 608. The second-order valence-corrected chi connectivity index (χ2v) is 9.94. The molecule has 4 nitrogen and oxygen atoms in total. The second-order valence-electron chi connectivity index (χ2n) is 9.94. The quantitative estimate of drug-likeness (QED) is 0.527. The minimum absolute atomic E-state index is 0. The molecule has 3 unspecified atom stereocenters. The lowest BCUT2D eigenvalue weighted by Gasteiger charge is -2.53. The molecule has 1 aliphatic heterocycles. The summed E-state index contributed by atoms with van der Waals surface area (Å²) in [7, 11) is 0. The highest BCUT2D eigenvalue weighted by molar-refractivity contribution is 5.25. The van der Waals surface area contributed by atoms with Gasteiger partial charge in [-0.05, 0) is 68.6 Å². The van der Waals surface area contributed by atoms with Crippen molar-refractivity contribution in [3.8, 4) is 0 Å². The highest BCUT2D eigenvalue weighted by Crippen LogP contribution is 2.61. The fourth-order valence-electron chi connectivity index (χ4n) is 7.41. The maximum atomic E-state index is 6.33.